The molecule has 2 aromatic heterocycles. The van der Waals surface area contributed by atoms with Gasteiger partial charge in [-0.05, 0) is 49.6 Å². The number of carbonyl (C=O) groups excluding carboxylic acids is 1. The van der Waals surface area contributed by atoms with Gasteiger partial charge in [0.15, 0.2) is 0 Å². The predicted molar refractivity (Wildman–Crippen MR) is 131 cm³/mol. The van der Waals surface area contributed by atoms with Crippen LogP contribution in [0.2, 0.25) is 0 Å². The lowest BCUT2D eigenvalue weighted by Crippen LogP contribution is -2.43. The van der Waals surface area contributed by atoms with Crippen LogP contribution >= 0.6 is 0 Å². The highest BCUT2D eigenvalue weighted by molar-refractivity contribution is 5.93. The molecule has 1 aliphatic heterocycles. The van der Waals surface area contributed by atoms with Gasteiger partial charge in [0.2, 0.25) is 5.91 Å². The van der Waals surface area contributed by atoms with Gasteiger partial charge in [0.1, 0.15) is 5.75 Å². The molecule has 1 unspecified atom stereocenters. The Balaban J connectivity index is 1.18. The predicted octanol–water partition coefficient (Wildman–Crippen LogP) is 4.02. The minimum atomic E-state index is -0.0140. The van der Waals surface area contributed by atoms with E-state index < -0.39 is 0 Å². The summed E-state index contributed by atoms with van der Waals surface area (Å²) < 4.78 is 7.37. The van der Waals surface area contributed by atoms with Gasteiger partial charge in [-0.25, -0.2) is 0 Å². The standard InChI is InChI=1S/C26H29N5O2/c1-33-21-9-10-24-22(16-21)25(11-13-27-24)30-14-4-7-20(17-30)26(32)28-12-5-15-31-18-19-6-2-3-8-23(19)29-31/h2-3,6,8-11,13,16,18,20H,4-5,7,12,14-15,17H2,1H3,(H,28,32). The first-order valence-corrected chi connectivity index (χ1v) is 11.6. The molecule has 1 atom stereocenters. The second-order valence-electron chi connectivity index (χ2n) is 8.59. The first-order chi connectivity index (χ1) is 16.2. The number of nitrogens with zero attached hydrogens (tertiary/aromatic N) is 4. The van der Waals surface area contributed by atoms with Crippen molar-refractivity contribution in [3.63, 3.8) is 0 Å². The highest BCUT2D eigenvalue weighted by Gasteiger charge is 2.26. The summed E-state index contributed by atoms with van der Waals surface area (Å²) in [6.45, 7) is 3.09. The zero-order valence-corrected chi connectivity index (χ0v) is 18.9. The SMILES string of the molecule is COc1ccc2nccc(N3CCCC(C(=O)NCCCn4cc5ccccc5n4)C3)c2c1. The van der Waals surface area contributed by atoms with E-state index in [1.807, 2.05) is 53.3 Å². The minimum Gasteiger partial charge on any atom is -0.497 e. The Labute approximate surface area is 193 Å². The van der Waals surface area contributed by atoms with Gasteiger partial charge in [0.25, 0.3) is 0 Å². The van der Waals surface area contributed by atoms with Crippen LogP contribution in [-0.2, 0) is 11.3 Å². The largest absolute Gasteiger partial charge is 0.497 e. The third-order valence-corrected chi connectivity index (χ3v) is 6.38. The number of piperidine rings is 1. The Kier molecular flexibility index (Phi) is 6.11. The van der Waals surface area contributed by atoms with Gasteiger partial charge >= 0.3 is 0 Å². The van der Waals surface area contributed by atoms with Crippen molar-refractivity contribution in [2.75, 3.05) is 31.6 Å². The fourth-order valence-corrected chi connectivity index (χ4v) is 4.65. The molecule has 0 aliphatic carbocycles. The van der Waals surface area contributed by atoms with Crippen molar-refractivity contribution in [1.82, 2.24) is 20.1 Å². The van der Waals surface area contributed by atoms with Crippen LogP contribution in [-0.4, -0.2) is 47.4 Å². The minimum absolute atomic E-state index is 0.0140. The third kappa shape index (κ3) is 4.62. The Morgan fingerprint density at radius 1 is 1.18 bits per heavy atom. The Hall–Kier alpha value is -3.61. The number of amides is 1. The molecular formula is C26H29N5O2. The molecule has 0 radical (unpaired) electrons. The molecule has 1 fully saturated rings. The zero-order chi connectivity index (χ0) is 22.6. The van der Waals surface area contributed by atoms with E-state index >= 15 is 0 Å². The topological polar surface area (TPSA) is 72.3 Å². The van der Waals surface area contributed by atoms with Crippen LogP contribution in [0.1, 0.15) is 19.3 Å². The quantitative estimate of drug-likeness (QED) is 0.437. The van der Waals surface area contributed by atoms with Crippen LogP contribution in [0.25, 0.3) is 21.8 Å². The Bertz CT molecular complexity index is 1240. The van der Waals surface area contributed by atoms with E-state index in [0.717, 1.165) is 65.6 Å². The number of aryl methyl sites for hydroxylation is 1. The highest BCUT2D eigenvalue weighted by Crippen LogP contribution is 2.31. The smallest absolute Gasteiger partial charge is 0.224 e. The maximum absolute atomic E-state index is 12.9. The van der Waals surface area contributed by atoms with Crippen molar-refractivity contribution >= 4 is 33.4 Å². The maximum atomic E-state index is 12.9. The summed E-state index contributed by atoms with van der Waals surface area (Å²) in [7, 11) is 1.67. The van der Waals surface area contributed by atoms with Crippen LogP contribution < -0.4 is 15.0 Å². The number of pyridine rings is 1. The molecule has 1 aliphatic rings. The number of aromatic nitrogens is 3. The summed E-state index contributed by atoms with van der Waals surface area (Å²) in [5.74, 6) is 0.939. The molecule has 7 nitrogen and oxygen atoms in total. The average molecular weight is 444 g/mol. The normalized spacial score (nSPS) is 16.3. The van der Waals surface area contributed by atoms with E-state index in [2.05, 4.69) is 32.6 Å². The summed E-state index contributed by atoms with van der Waals surface area (Å²) in [6, 6.07) is 16.1. The molecule has 7 heteroatoms. The summed E-state index contributed by atoms with van der Waals surface area (Å²) in [5.41, 5.74) is 3.05. The maximum Gasteiger partial charge on any atom is 0.224 e. The Morgan fingerprint density at radius 2 is 2.09 bits per heavy atom. The number of nitrogens with one attached hydrogen (secondary N) is 1. The fourth-order valence-electron chi connectivity index (χ4n) is 4.65. The van der Waals surface area contributed by atoms with E-state index in [1.54, 1.807) is 7.11 Å². The number of methoxy groups -OCH3 is 1. The van der Waals surface area contributed by atoms with Crippen LogP contribution in [0, 0.1) is 5.92 Å². The average Bonchev–Trinajstić information content (AvgIpc) is 3.29. The molecule has 5 rings (SSSR count). The summed E-state index contributed by atoms with van der Waals surface area (Å²) in [6.07, 6.45) is 6.66. The number of ether oxygens (including phenoxy) is 1. The molecule has 1 amide bonds. The monoisotopic (exact) mass is 443 g/mol. The van der Waals surface area contributed by atoms with Crippen molar-refractivity contribution in [3.8, 4) is 5.75 Å². The van der Waals surface area contributed by atoms with Gasteiger partial charge in [-0.2, -0.15) is 5.10 Å². The van der Waals surface area contributed by atoms with Crippen LogP contribution in [0.3, 0.4) is 0 Å². The van der Waals surface area contributed by atoms with Gasteiger partial charge in [-0.3, -0.25) is 14.5 Å². The number of fused-ring (bicyclic) bond motifs is 2. The second kappa shape index (κ2) is 9.48. The molecule has 4 aromatic rings. The first kappa shape index (κ1) is 21.2. The lowest BCUT2D eigenvalue weighted by atomic mass is 9.96. The van der Waals surface area contributed by atoms with Crippen LogP contribution in [0.15, 0.2) is 60.9 Å². The van der Waals surface area contributed by atoms with Crippen LogP contribution in [0.4, 0.5) is 5.69 Å². The van der Waals surface area contributed by atoms with Gasteiger partial charge < -0.3 is 15.0 Å². The van der Waals surface area contributed by atoms with E-state index in [1.165, 1.54) is 0 Å². The van der Waals surface area contributed by atoms with Crippen molar-refractivity contribution in [2.45, 2.75) is 25.8 Å². The zero-order valence-electron chi connectivity index (χ0n) is 18.9. The summed E-state index contributed by atoms with van der Waals surface area (Å²) >= 11 is 0. The molecule has 0 bridgehead atoms. The molecule has 3 heterocycles. The number of rotatable bonds is 7. The van der Waals surface area contributed by atoms with Crippen LogP contribution in [0.5, 0.6) is 5.75 Å². The van der Waals surface area contributed by atoms with E-state index in [0.29, 0.717) is 13.1 Å². The third-order valence-electron chi connectivity index (χ3n) is 6.38. The van der Waals surface area contributed by atoms with Gasteiger partial charge in [-0.1, -0.05) is 18.2 Å². The lowest BCUT2D eigenvalue weighted by Gasteiger charge is -2.34. The van der Waals surface area contributed by atoms with E-state index in [4.69, 9.17) is 4.74 Å². The highest BCUT2D eigenvalue weighted by atomic mass is 16.5. The second-order valence-corrected chi connectivity index (χ2v) is 8.59. The molecular weight excluding hydrogens is 414 g/mol. The summed E-state index contributed by atoms with van der Waals surface area (Å²) in [5, 5.41) is 9.93. The number of benzene rings is 2. The molecule has 33 heavy (non-hydrogen) atoms. The van der Waals surface area contributed by atoms with Crippen molar-refractivity contribution in [1.29, 1.82) is 0 Å². The van der Waals surface area contributed by atoms with Crippen molar-refractivity contribution in [2.24, 2.45) is 5.92 Å². The van der Waals surface area contributed by atoms with Gasteiger partial charge in [0, 0.05) is 55.0 Å². The van der Waals surface area contributed by atoms with Gasteiger partial charge in [-0.15, -0.1) is 0 Å². The Morgan fingerprint density at radius 3 is 2.97 bits per heavy atom. The van der Waals surface area contributed by atoms with E-state index in [9.17, 15) is 4.79 Å². The number of hydrogen-bond donors (Lipinski definition) is 1. The molecule has 0 saturated carbocycles. The molecule has 1 N–H and O–H groups in total. The molecule has 1 saturated heterocycles. The molecule has 0 spiro atoms. The lowest BCUT2D eigenvalue weighted by molar-refractivity contribution is -0.125. The number of carbonyl (C=O) groups is 1. The fraction of sp³-hybridized carbons (Fsp3) is 0.346. The van der Waals surface area contributed by atoms with Crippen molar-refractivity contribution < 1.29 is 9.53 Å². The van der Waals surface area contributed by atoms with Crippen molar-refractivity contribution in [3.05, 3.63) is 60.9 Å². The van der Waals surface area contributed by atoms with E-state index in [-0.39, 0.29) is 11.8 Å². The molecule has 170 valence electrons. The van der Waals surface area contributed by atoms with Gasteiger partial charge in [0.05, 0.1) is 24.1 Å². The first-order valence-electron chi connectivity index (χ1n) is 11.6. The number of anilines is 1. The number of hydrogen-bond acceptors (Lipinski definition) is 5. The summed E-state index contributed by atoms with van der Waals surface area (Å²) in [4.78, 5) is 19.7. The molecule has 2 aromatic carbocycles.